The first-order valence-electron chi connectivity index (χ1n) is 7.93. The SMILES string of the molecule is CN1C[C@@H](N)C[C@H]1C(=O)NCCc1n[nH]c2c1CCCC2. The quantitative estimate of drug-likeness (QED) is 0.727. The predicted octanol–water partition coefficient (Wildman–Crippen LogP) is -0.0214. The van der Waals surface area contributed by atoms with Crippen LogP contribution in [-0.2, 0) is 24.1 Å². The highest BCUT2D eigenvalue weighted by Gasteiger charge is 2.32. The lowest BCUT2D eigenvalue weighted by Crippen LogP contribution is -2.42. The molecule has 0 radical (unpaired) electrons. The van der Waals surface area contributed by atoms with Gasteiger partial charge in [-0.2, -0.15) is 5.10 Å². The van der Waals surface area contributed by atoms with E-state index in [0.717, 1.165) is 37.9 Å². The highest BCUT2D eigenvalue weighted by Crippen LogP contribution is 2.22. The van der Waals surface area contributed by atoms with E-state index in [1.807, 2.05) is 11.9 Å². The molecule has 0 unspecified atom stereocenters. The summed E-state index contributed by atoms with van der Waals surface area (Å²) in [6.45, 7) is 1.45. The maximum absolute atomic E-state index is 12.2. The molecule has 1 aliphatic carbocycles. The van der Waals surface area contributed by atoms with Gasteiger partial charge in [-0.15, -0.1) is 0 Å². The monoisotopic (exact) mass is 291 g/mol. The summed E-state index contributed by atoms with van der Waals surface area (Å²) in [7, 11) is 1.96. The zero-order chi connectivity index (χ0) is 14.8. The third kappa shape index (κ3) is 3.11. The van der Waals surface area contributed by atoms with Gasteiger partial charge < -0.3 is 11.1 Å². The smallest absolute Gasteiger partial charge is 0.237 e. The molecule has 1 amide bonds. The number of hydrogen-bond acceptors (Lipinski definition) is 4. The summed E-state index contributed by atoms with van der Waals surface area (Å²) in [6, 6.07) is 0.0391. The first kappa shape index (κ1) is 14.5. The number of nitrogens with zero attached hydrogens (tertiary/aromatic N) is 2. The Morgan fingerprint density at radius 3 is 3.05 bits per heavy atom. The first-order chi connectivity index (χ1) is 10.1. The van der Waals surface area contributed by atoms with Gasteiger partial charge in [-0.1, -0.05) is 0 Å². The van der Waals surface area contributed by atoms with Crippen LogP contribution in [0, 0.1) is 0 Å². The zero-order valence-corrected chi connectivity index (χ0v) is 12.7. The molecular formula is C15H25N5O. The second-order valence-electron chi connectivity index (χ2n) is 6.33. The minimum Gasteiger partial charge on any atom is -0.354 e. The predicted molar refractivity (Wildman–Crippen MR) is 81.0 cm³/mol. The number of rotatable bonds is 4. The molecule has 3 rings (SSSR count). The molecule has 1 fully saturated rings. The van der Waals surface area contributed by atoms with E-state index in [4.69, 9.17) is 5.73 Å². The van der Waals surface area contributed by atoms with E-state index in [-0.39, 0.29) is 18.0 Å². The van der Waals surface area contributed by atoms with Crippen molar-refractivity contribution in [2.24, 2.45) is 5.73 Å². The largest absolute Gasteiger partial charge is 0.354 e. The average Bonchev–Trinajstić information content (AvgIpc) is 3.02. The number of H-pyrrole nitrogens is 1. The number of nitrogens with one attached hydrogen (secondary N) is 2. The van der Waals surface area contributed by atoms with Crippen LogP contribution in [0.1, 0.15) is 36.2 Å². The van der Waals surface area contributed by atoms with E-state index in [1.54, 1.807) is 0 Å². The topological polar surface area (TPSA) is 87.0 Å². The number of nitrogens with two attached hydrogens (primary N) is 1. The van der Waals surface area contributed by atoms with Crippen LogP contribution >= 0.6 is 0 Å². The minimum absolute atomic E-state index is 0.0758. The summed E-state index contributed by atoms with van der Waals surface area (Å²) in [5.41, 5.74) is 9.71. The molecule has 1 aromatic heterocycles. The second kappa shape index (κ2) is 6.15. The molecule has 1 aliphatic heterocycles. The van der Waals surface area contributed by atoms with Crippen molar-refractivity contribution in [1.82, 2.24) is 20.4 Å². The van der Waals surface area contributed by atoms with Gasteiger partial charge >= 0.3 is 0 Å². The molecule has 0 bridgehead atoms. The maximum atomic E-state index is 12.2. The summed E-state index contributed by atoms with van der Waals surface area (Å²) >= 11 is 0. The Kier molecular flexibility index (Phi) is 4.26. The van der Waals surface area contributed by atoms with Gasteiger partial charge in [-0.05, 0) is 44.7 Å². The van der Waals surface area contributed by atoms with Crippen molar-refractivity contribution in [3.8, 4) is 0 Å². The molecule has 6 nitrogen and oxygen atoms in total. The molecule has 21 heavy (non-hydrogen) atoms. The lowest BCUT2D eigenvalue weighted by Gasteiger charge is -2.18. The Balaban J connectivity index is 1.50. The van der Waals surface area contributed by atoms with Crippen LogP contribution in [0.5, 0.6) is 0 Å². The third-order valence-electron chi connectivity index (χ3n) is 4.69. The van der Waals surface area contributed by atoms with E-state index in [0.29, 0.717) is 6.54 Å². The van der Waals surface area contributed by atoms with Crippen LogP contribution in [0.4, 0.5) is 0 Å². The Hall–Kier alpha value is -1.40. The number of aromatic nitrogens is 2. The van der Waals surface area contributed by atoms with Gasteiger partial charge in [0.05, 0.1) is 11.7 Å². The van der Waals surface area contributed by atoms with Crippen LogP contribution in [0.3, 0.4) is 0 Å². The number of likely N-dealkylation sites (N-methyl/N-ethyl adjacent to an activating group) is 1. The van der Waals surface area contributed by atoms with E-state index in [2.05, 4.69) is 15.5 Å². The van der Waals surface area contributed by atoms with E-state index in [1.165, 1.54) is 24.1 Å². The number of amides is 1. The van der Waals surface area contributed by atoms with Crippen molar-refractivity contribution < 1.29 is 4.79 Å². The molecular weight excluding hydrogens is 266 g/mol. The average molecular weight is 291 g/mol. The highest BCUT2D eigenvalue weighted by atomic mass is 16.2. The Bertz CT molecular complexity index is 512. The molecule has 0 saturated carbocycles. The Labute approximate surface area is 125 Å². The molecule has 0 spiro atoms. The number of hydrogen-bond donors (Lipinski definition) is 3. The summed E-state index contributed by atoms with van der Waals surface area (Å²) in [5.74, 6) is 0.0925. The highest BCUT2D eigenvalue weighted by molar-refractivity contribution is 5.82. The fourth-order valence-electron chi connectivity index (χ4n) is 3.52. The van der Waals surface area contributed by atoms with Gasteiger partial charge in [0.2, 0.25) is 5.91 Å². The molecule has 4 N–H and O–H groups in total. The molecule has 2 atom stereocenters. The van der Waals surface area contributed by atoms with E-state index >= 15 is 0 Å². The van der Waals surface area contributed by atoms with Crippen LogP contribution in [0.25, 0.3) is 0 Å². The van der Waals surface area contributed by atoms with Gasteiger partial charge in [0.25, 0.3) is 0 Å². The van der Waals surface area contributed by atoms with Gasteiger partial charge in [-0.25, -0.2) is 0 Å². The molecule has 1 aromatic rings. The van der Waals surface area contributed by atoms with E-state index < -0.39 is 0 Å². The van der Waals surface area contributed by atoms with Crippen LogP contribution in [-0.4, -0.2) is 53.2 Å². The fraction of sp³-hybridized carbons (Fsp3) is 0.733. The molecule has 116 valence electrons. The maximum Gasteiger partial charge on any atom is 0.237 e. The number of aromatic amines is 1. The van der Waals surface area contributed by atoms with Crippen LogP contribution < -0.4 is 11.1 Å². The van der Waals surface area contributed by atoms with Crippen molar-refractivity contribution in [2.45, 2.75) is 50.6 Å². The third-order valence-corrected chi connectivity index (χ3v) is 4.69. The number of aryl methyl sites for hydroxylation is 1. The molecule has 2 heterocycles. The van der Waals surface area contributed by atoms with Crippen LogP contribution in [0.15, 0.2) is 0 Å². The number of carbonyl (C=O) groups is 1. The van der Waals surface area contributed by atoms with Gasteiger partial charge in [0, 0.05) is 31.2 Å². The van der Waals surface area contributed by atoms with Crippen molar-refractivity contribution in [3.63, 3.8) is 0 Å². The van der Waals surface area contributed by atoms with Crippen molar-refractivity contribution in [3.05, 3.63) is 17.0 Å². The molecule has 0 aromatic carbocycles. The van der Waals surface area contributed by atoms with Crippen molar-refractivity contribution in [2.75, 3.05) is 20.1 Å². The van der Waals surface area contributed by atoms with Gasteiger partial charge in [-0.3, -0.25) is 14.8 Å². The number of carbonyl (C=O) groups excluding carboxylic acids is 1. The number of fused-ring (bicyclic) bond motifs is 1. The van der Waals surface area contributed by atoms with Gasteiger partial charge in [0.1, 0.15) is 0 Å². The lowest BCUT2D eigenvalue weighted by molar-refractivity contribution is -0.125. The summed E-state index contributed by atoms with van der Waals surface area (Å²) in [5, 5.41) is 10.6. The molecule has 2 aliphatic rings. The first-order valence-corrected chi connectivity index (χ1v) is 7.93. The van der Waals surface area contributed by atoms with E-state index in [9.17, 15) is 4.79 Å². The summed E-state index contributed by atoms with van der Waals surface area (Å²) < 4.78 is 0. The van der Waals surface area contributed by atoms with Crippen molar-refractivity contribution in [1.29, 1.82) is 0 Å². The summed E-state index contributed by atoms with van der Waals surface area (Å²) in [6.07, 6.45) is 6.28. The summed E-state index contributed by atoms with van der Waals surface area (Å²) in [4.78, 5) is 14.2. The van der Waals surface area contributed by atoms with Crippen molar-refractivity contribution >= 4 is 5.91 Å². The Morgan fingerprint density at radius 2 is 2.29 bits per heavy atom. The van der Waals surface area contributed by atoms with Crippen LogP contribution in [0.2, 0.25) is 0 Å². The Morgan fingerprint density at radius 1 is 1.48 bits per heavy atom. The second-order valence-corrected chi connectivity index (χ2v) is 6.33. The normalized spacial score (nSPS) is 25.8. The van der Waals surface area contributed by atoms with Gasteiger partial charge in [0.15, 0.2) is 0 Å². The minimum atomic E-state index is -0.0758. The zero-order valence-electron chi connectivity index (χ0n) is 12.7. The standard InChI is InChI=1S/C15H25N5O/c1-20-9-10(16)8-14(20)15(21)17-7-6-13-11-4-2-3-5-12(11)18-19-13/h10,14H,2-9,16H2,1H3,(H,17,21)(H,18,19)/t10-,14-/m0/s1. The molecule has 1 saturated heterocycles. The number of likely N-dealkylation sites (tertiary alicyclic amines) is 1. The molecule has 6 heteroatoms. The lowest BCUT2D eigenvalue weighted by atomic mass is 9.95. The fourth-order valence-corrected chi connectivity index (χ4v) is 3.52.